The minimum absolute atomic E-state index is 0.170. The number of hydrogen-bond donors (Lipinski definition) is 1. The summed E-state index contributed by atoms with van der Waals surface area (Å²) in [6.07, 6.45) is 1.59. The van der Waals surface area contributed by atoms with Gasteiger partial charge in [0.15, 0.2) is 0 Å². The third kappa shape index (κ3) is 3.09. The summed E-state index contributed by atoms with van der Waals surface area (Å²) in [6, 6.07) is 3.22. The van der Waals surface area contributed by atoms with Crippen molar-refractivity contribution in [1.29, 1.82) is 0 Å². The Morgan fingerprint density at radius 2 is 2.22 bits per heavy atom. The summed E-state index contributed by atoms with van der Waals surface area (Å²) in [6.45, 7) is 2.13. The van der Waals surface area contributed by atoms with Gasteiger partial charge in [0.2, 0.25) is 0 Å². The Bertz CT molecular complexity index is 465. The molecule has 0 aromatic heterocycles. The van der Waals surface area contributed by atoms with Crippen LogP contribution >= 0.6 is 15.9 Å². The number of halogens is 2. The van der Waals surface area contributed by atoms with Crippen LogP contribution in [0.1, 0.15) is 24.0 Å². The fourth-order valence-corrected chi connectivity index (χ4v) is 2.86. The van der Waals surface area contributed by atoms with Gasteiger partial charge in [-0.25, -0.2) is 4.39 Å². The highest BCUT2D eigenvalue weighted by Crippen LogP contribution is 2.28. The number of nitrogens with zero attached hydrogens (tertiary/aromatic N) is 1. The number of fused-ring (bicyclic) bond motifs is 1. The van der Waals surface area contributed by atoms with Crippen molar-refractivity contribution >= 4 is 21.9 Å². The number of hydrogen-bond acceptors (Lipinski definition) is 2. The number of carboxylic acid groups (broad SMARTS) is 1. The van der Waals surface area contributed by atoms with Gasteiger partial charge in [0.1, 0.15) is 5.82 Å². The number of benzene rings is 1. The average molecular weight is 316 g/mol. The Kier molecular flexibility index (Phi) is 4.35. The summed E-state index contributed by atoms with van der Waals surface area (Å²) >= 11 is 3.44. The van der Waals surface area contributed by atoms with Crippen LogP contribution in [0.4, 0.5) is 4.39 Å². The fraction of sp³-hybridized carbons (Fsp3) is 0.462. The molecule has 1 aliphatic rings. The van der Waals surface area contributed by atoms with Crippen molar-refractivity contribution in [3.05, 3.63) is 33.5 Å². The van der Waals surface area contributed by atoms with Gasteiger partial charge in [-0.2, -0.15) is 0 Å². The maximum absolute atomic E-state index is 13.7. The zero-order valence-electron chi connectivity index (χ0n) is 9.96. The minimum atomic E-state index is -0.777. The van der Waals surface area contributed by atoms with Crippen molar-refractivity contribution in [2.24, 2.45) is 0 Å². The SMILES string of the molecule is O=C(O)CCCN1CCc2c(Br)ccc(F)c2C1. The quantitative estimate of drug-likeness (QED) is 0.928. The second-order valence-corrected chi connectivity index (χ2v) is 5.36. The van der Waals surface area contributed by atoms with Crippen molar-refractivity contribution in [3.63, 3.8) is 0 Å². The third-order valence-corrected chi connectivity index (χ3v) is 3.98. The Morgan fingerprint density at radius 3 is 2.94 bits per heavy atom. The first kappa shape index (κ1) is 13.5. The van der Waals surface area contributed by atoms with Crippen molar-refractivity contribution in [2.75, 3.05) is 13.1 Å². The first-order valence-corrected chi connectivity index (χ1v) is 6.77. The van der Waals surface area contributed by atoms with Gasteiger partial charge in [0, 0.05) is 29.5 Å². The molecule has 1 aromatic rings. The minimum Gasteiger partial charge on any atom is -0.481 e. The summed E-state index contributed by atoms with van der Waals surface area (Å²) < 4.78 is 14.7. The van der Waals surface area contributed by atoms with Crippen LogP contribution < -0.4 is 0 Å². The molecule has 1 aliphatic heterocycles. The number of rotatable bonds is 4. The van der Waals surface area contributed by atoms with Crippen molar-refractivity contribution < 1.29 is 14.3 Å². The molecule has 3 nitrogen and oxygen atoms in total. The highest BCUT2D eigenvalue weighted by molar-refractivity contribution is 9.10. The van der Waals surface area contributed by atoms with Crippen LogP contribution in [0.25, 0.3) is 0 Å². The maximum atomic E-state index is 13.7. The lowest BCUT2D eigenvalue weighted by Gasteiger charge is -2.29. The molecule has 2 rings (SSSR count). The Morgan fingerprint density at radius 1 is 1.44 bits per heavy atom. The molecule has 0 fully saturated rings. The topological polar surface area (TPSA) is 40.5 Å². The highest BCUT2D eigenvalue weighted by atomic mass is 79.9. The van der Waals surface area contributed by atoms with Gasteiger partial charge in [0.05, 0.1) is 0 Å². The van der Waals surface area contributed by atoms with E-state index < -0.39 is 5.97 Å². The van der Waals surface area contributed by atoms with E-state index in [1.165, 1.54) is 6.07 Å². The number of carboxylic acids is 1. The van der Waals surface area contributed by atoms with E-state index in [1.54, 1.807) is 6.07 Å². The van der Waals surface area contributed by atoms with Crippen LogP contribution in [0, 0.1) is 5.82 Å². The molecule has 1 heterocycles. The molecule has 1 N–H and O–H groups in total. The lowest BCUT2D eigenvalue weighted by atomic mass is 9.99. The van der Waals surface area contributed by atoms with Gasteiger partial charge in [-0.1, -0.05) is 15.9 Å². The third-order valence-electron chi connectivity index (χ3n) is 3.24. The Balaban J connectivity index is 2.01. The van der Waals surface area contributed by atoms with Crippen LogP contribution in [0.2, 0.25) is 0 Å². The van der Waals surface area contributed by atoms with Crippen molar-refractivity contribution in [2.45, 2.75) is 25.8 Å². The zero-order valence-corrected chi connectivity index (χ0v) is 11.5. The van der Waals surface area contributed by atoms with Crippen molar-refractivity contribution in [1.82, 2.24) is 4.90 Å². The van der Waals surface area contributed by atoms with Crippen LogP contribution in [-0.2, 0) is 17.8 Å². The van der Waals surface area contributed by atoms with Crippen LogP contribution in [0.5, 0.6) is 0 Å². The molecule has 0 aliphatic carbocycles. The predicted octanol–water partition coefficient (Wildman–Crippen LogP) is 2.81. The van der Waals surface area contributed by atoms with E-state index in [0.717, 1.165) is 28.6 Å². The van der Waals surface area contributed by atoms with Gasteiger partial charge in [-0.15, -0.1) is 0 Å². The van der Waals surface area contributed by atoms with Crippen LogP contribution in [0.15, 0.2) is 16.6 Å². The van der Waals surface area contributed by atoms with Gasteiger partial charge >= 0.3 is 5.97 Å². The molecule has 18 heavy (non-hydrogen) atoms. The van der Waals surface area contributed by atoms with E-state index in [9.17, 15) is 9.18 Å². The average Bonchev–Trinajstić information content (AvgIpc) is 2.34. The monoisotopic (exact) mass is 315 g/mol. The summed E-state index contributed by atoms with van der Waals surface area (Å²) in [7, 11) is 0. The molecule has 0 atom stereocenters. The predicted molar refractivity (Wildman–Crippen MR) is 70.0 cm³/mol. The zero-order chi connectivity index (χ0) is 13.1. The van der Waals surface area contributed by atoms with Gasteiger partial charge in [-0.3, -0.25) is 9.69 Å². The van der Waals surface area contributed by atoms with E-state index in [4.69, 9.17) is 5.11 Å². The van der Waals surface area contributed by atoms with E-state index in [0.29, 0.717) is 19.5 Å². The number of aliphatic carboxylic acids is 1. The van der Waals surface area contributed by atoms with E-state index in [1.807, 2.05) is 0 Å². The molecule has 0 amide bonds. The lowest BCUT2D eigenvalue weighted by molar-refractivity contribution is -0.137. The lowest BCUT2D eigenvalue weighted by Crippen LogP contribution is -2.32. The second-order valence-electron chi connectivity index (χ2n) is 4.51. The van der Waals surface area contributed by atoms with Gasteiger partial charge in [0.25, 0.3) is 0 Å². The van der Waals surface area contributed by atoms with Crippen molar-refractivity contribution in [3.8, 4) is 0 Å². The summed E-state index contributed by atoms with van der Waals surface area (Å²) in [5.41, 5.74) is 1.79. The fourth-order valence-electron chi connectivity index (χ4n) is 2.29. The largest absolute Gasteiger partial charge is 0.481 e. The molecule has 98 valence electrons. The molecule has 0 spiro atoms. The van der Waals surface area contributed by atoms with E-state index >= 15 is 0 Å². The standard InChI is InChI=1S/C13H15BrFNO2/c14-11-3-4-12(15)10-8-16(7-5-9(10)11)6-1-2-13(17)18/h3-4H,1-2,5-8H2,(H,17,18). The Hall–Kier alpha value is -0.940. The summed E-state index contributed by atoms with van der Waals surface area (Å²) in [5.74, 6) is -0.947. The smallest absolute Gasteiger partial charge is 0.303 e. The highest BCUT2D eigenvalue weighted by Gasteiger charge is 2.21. The van der Waals surface area contributed by atoms with Crippen LogP contribution in [0.3, 0.4) is 0 Å². The van der Waals surface area contributed by atoms with Crippen LogP contribution in [-0.4, -0.2) is 29.1 Å². The van der Waals surface area contributed by atoms with Gasteiger partial charge in [-0.05, 0) is 37.1 Å². The molecule has 5 heteroatoms. The second kappa shape index (κ2) is 5.80. The van der Waals surface area contributed by atoms with Gasteiger partial charge < -0.3 is 5.11 Å². The molecule has 1 aromatic carbocycles. The molecule has 0 bridgehead atoms. The molecule has 0 saturated heterocycles. The van der Waals surface area contributed by atoms with E-state index in [-0.39, 0.29) is 12.2 Å². The van der Waals surface area contributed by atoms with E-state index in [2.05, 4.69) is 20.8 Å². The molecule has 0 radical (unpaired) electrons. The molecule has 0 unspecified atom stereocenters. The molecule has 0 saturated carbocycles. The molecular formula is C13H15BrFNO2. The maximum Gasteiger partial charge on any atom is 0.303 e. The first-order valence-electron chi connectivity index (χ1n) is 5.98. The summed E-state index contributed by atoms with van der Waals surface area (Å²) in [5, 5.41) is 8.60. The number of carbonyl (C=O) groups is 1. The first-order chi connectivity index (χ1) is 8.58. The summed E-state index contributed by atoms with van der Waals surface area (Å²) in [4.78, 5) is 12.6. The molecular weight excluding hydrogens is 301 g/mol. The Labute approximate surface area is 114 Å². The normalized spacial score (nSPS) is 15.4.